The number of alkyl halides is 3. The molecule has 39 heavy (non-hydrogen) atoms. The maximum absolute atomic E-state index is 13.4. The van der Waals surface area contributed by atoms with Gasteiger partial charge >= 0.3 is 12.3 Å². The Morgan fingerprint density at radius 3 is 2.67 bits per heavy atom. The molecule has 0 spiro atoms. The number of halogens is 3. The molecule has 2 atom stereocenters. The van der Waals surface area contributed by atoms with E-state index < -0.39 is 23.9 Å². The molecule has 12 heteroatoms. The van der Waals surface area contributed by atoms with E-state index in [0.29, 0.717) is 53.0 Å². The number of nitrogens with zero attached hydrogens (tertiary/aromatic N) is 4. The highest BCUT2D eigenvalue weighted by Gasteiger charge is 2.34. The molecule has 2 aliphatic rings. The number of fused-ring (bicyclic) bond motifs is 2. The van der Waals surface area contributed by atoms with E-state index in [1.807, 2.05) is 0 Å². The van der Waals surface area contributed by atoms with Gasteiger partial charge in [0, 0.05) is 42.8 Å². The molecule has 208 valence electrons. The third-order valence-corrected chi connectivity index (χ3v) is 7.29. The number of carbonyl (C=O) groups is 1. The maximum atomic E-state index is 13.4. The summed E-state index contributed by atoms with van der Waals surface area (Å²) in [5.74, 6) is 1.36. The van der Waals surface area contributed by atoms with Crippen LogP contribution in [0.25, 0.3) is 10.9 Å². The number of anilines is 2. The fourth-order valence-electron chi connectivity index (χ4n) is 5.30. The van der Waals surface area contributed by atoms with Gasteiger partial charge in [0.05, 0.1) is 24.2 Å². The van der Waals surface area contributed by atoms with Crippen LogP contribution in [0.2, 0.25) is 0 Å². The second kappa shape index (κ2) is 10.4. The normalized spacial score (nSPS) is 18.6. The zero-order valence-corrected chi connectivity index (χ0v) is 22.0. The van der Waals surface area contributed by atoms with Crippen LogP contribution in [0.4, 0.5) is 29.5 Å². The number of carbonyl (C=O) groups excluding carboxylic acids is 1. The number of rotatable bonds is 5. The second-order valence-corrected chi connectivity index (χ2v) is 10.0. The van der Waals surface area contributed by atoms with Crippen molar-refractivity contribution in [2.75, 3.05) is 44.3 Å². The Hall–Kier alpha value is -3.80. The number of nitrogens with two attached hydrogens (primary N) is 1. The molecule has 2 aromatic carbocycles. The van der Waals surface area contributed by atoms with Crippen molar-refractivity contribution < 1.29 is 27.4 Å². The highest BCUT2D eigenvalue weighted by atomic mass is 19.4. The van der Waals surface area contributed by atoms with E-state index in [1.54, 1.807) is 30.9 Å². The van der Waals surface area contributed by atoms with E-state index in [-0.39, 0.29) is 11.4 Å². The van der Waals surface area contributed by atoms with Crippen molar-refractivity contribution in [2.45, 2.75) is 44.9 Å². The third-order valence-electron chi connectivity index (χ3n) is 7.29. The molecular weight excluding hydrogens is 513 g/mol. The molecule has 1 amide bonds. The molecule has 0 aliphatic carbocycles. The predicted octanol–water partition coefficient (Wildman–Crippen LogP) is 5.00. The zero-order valence-electron chi connectivity index (χ0n) is 22.0. The van der Waals surface area contributed by atoms with Crippen LogP contribution < -0.4 is 20.5 Å². The van der Waals surface area contributed by atoms with Crippen molar-refractivity contribution in [3.63, 3.8) is 0 Å². The maximum Gasteiger partial charge on any atom is 0.416 e. The summed E-state index contributed by atoms with van der Waals surface area (Å²) in [7, 11) is 1.48. The highest BCUT2D eigenvalue weighted by Crippen LogP contribution is 2.37. The molecular formula is C27H31F3N6O3. The van der Waals surface area contributed by atoms with Gasteiger partial charge in [0.1, 0.15) is 11.6 Å². The molecule has 1 aromatic heterocycles. The number of benzene rings is 2. The Kier molecular flexibility index (Phi) is 7.15. The smallest absolute Gasteiger partial charge is 0.416 e. The lowest BCUT2D eigenvalue weighted by atomic mass is 10.0. The van der Waals surface area contributed by atoms with Gasteiger partial charge in [-0.1, -0.05) is 0 Å². The van der Waals surface area contributed by atoms with E-state index >= 15 is 0 Å². The molecule has 2 fully saturated rings. The van der Waals surface area contributed by atoms with Crippen molar-refractivity contribution in [1.29, 1.82) is 0 Å². The molecule has 0 bridgehead atoms. The third kappa shape index (κ3) is 5.65. The molecule has 3 N–H and O–H groups in total. The lowest BCUT2D eigenvalue weighted by Gasteiger charge is -2.36. The molecule has 0 radical (unpaired) electrons. The Balaban J connectivity index is 1.44. The van der Waals surface area contributed by atoms with Crippen LogP contribution in [0.3, 0.4) is 0 Å². The first kappa shape index (κ1) is 26.8. The number of piperazine rings is 1. The lowest BCUT2D eigenvalue weighted by molar-refractivity contribution is -0.137. The van der Waals surface area contributed by atoms with E-state index in [2.05, 4.69) is 20.2 Å². The van der Waals surface area contributed by atoms with E-state index in [4.69, 9.17) is 15.2 Å². The van der Waals surface area contributed by atoms with E-state index in [9.17, 15) is 18.0 Å². The predicted molar refractivity (Wildman–Crippen MR) is 141 cm³/mol. The summed E-state index contributed by atoms with van der Waals surface area (Å²) >= 11 is 0. The van der Waals surface area contributed by atoms with Gasteiger partial charge in [0.25, 0.3) is 0 Å². The van der Waals surface area contributed by atoms with Crippen molar-refractivity contribution in [3.05, 3.63) is 47.3 Å². The summed E-state index contributed by atoms with van der Waals surface area (Å²) in [5.41, 5.74) is 5.82. The topological polar surface area (TPSA) is 106 Å². The number of nitrogens with one attached hydrogen (secondary N) is 1. The van der Waals surface area contributed by atoms with Crippen molar-refractivity contribution in [3.8, 4) is 11.5 Å². The summed E-state index contributed by atoms with van der Waals surface area (Å²) < 4.78 is 51.4. The van der Waals surface area contributed by atoms with Crippen LogP contribution in [-0.4, -0.2) is 65.2 Å². The summed E-state index contributed by atoms with van der Waals surface area (Å²) in [6, 6.07) is 6.49. The van der Waals surface area contributed by atoms with Crippen molar-refractivity contribution >= 4 is 28.5 Å². The van der Waals surface area contributed by atoms with Gasteiger partial charge < -0.3 is 25.4 Å². The fourth-order valence-corrected chi connectivity index (χ4v) is 5.30. The fraction of sp³-hybridized carbons (Fsp3) is 0.444. The Labute approximate surface area is 224 Å². The molecule has 5 rings (SSSR count). The minimum Gasteiger partial charge on any atom is -0.493 e. The zero-order chi connectivity index (χ0) is 27.9. The van der Waals surface area contributed by atoms with Crippen LogP contribution in [0.1, 0.15) is 42.8 Å². The first-order chi connectivity index (χ1) is 18.5. The van der Waals surface area contributed by atoms with Crippen LogP contribution in [-0.2, 0) is 6.18 Å². The number of aryl methyl sites for hydroxylation is 1. The molecule has 2 aliphatic heterocycles. The molecule has 9 nitrogen and oxygen atoms in total. The summed E-state index contributed by atoms with van der Waals surface area (Å²) in [4.78, 5) is 26.2. The van der Waals surface area contributed by atoms with E-state index in [0.717, 1.165) is 38.1 Å². The largest absolute Gasteiger partial charge is 0.493 e. The quantitative estimate of drug-likeness (QED) is 0.433. The number of hydrogen-bond donors (Lipinski definition) is 2. The first-order valence-corrected chi connectivity index (χ1v) is 12.8. The van der Waals surface area contributed by atoms with Gasteiger partial charge in [-0.25, -0.2) is 14.8 Å². The minimum absolute atomic E-state index is 0.00886. The van der Waals surface area contributed by atoms with Gasteiger partial charge in [-0.3, -0.25) is 4.90 Å². The van der Waals surface area contributed by atoms with Gasteiger partial charge in [0.2, 0.25) is 0 Å². The average Bonchev–Trinajstić information content (AvgIpc) is 3.35. The number of nitrogen functional groups attached to an aromatic ring is 1. The van der Waals surface area contributed by atoms with Gasteiger partial charge in [-0.05, 0) is 63.1 Å². The lowest BCUT2D eigenvalue weighted by Crippen LogP contribution is -2.52. The van der Waals surface area contributed by atoms with Gasteiger partial charge in [-0.15, -0.1) is 0 Å². The molecule has 2 unspecified atom stereocenters. The second-order valence-electron chi connectivity index (χ2n) is 10.0. The van der Waals surface area contributed by atoms with Crippen LogP contribution in [0, 0.1) is 6.92 Å². The SMILES string of the molecule is COc1cc2nc(C)nc(NC(C)c3cc(N)cc(C(F)(F)F)c3)c2cc1OC(=O)N1CCN2CCCC2C1. The Morgan fingerprint density at radius 1 is 1.13 bits per heavy atom. The highest BCUT2D eigenvalue weighted by molar-refractivity contribution is 5.92. The number of methoxy groups -OCH3 is 1. The summed E-state index contributed by atoms with van der Waals surface area (Å²) in [6.07, 6.45) is -2.80. The Bertz CT molecular complexity index is 1400. The molecule has 2 saturated heterocycles. The Morgan fingerprint density at radius 2 is 1.92 bits per heavy atom. The van der Waals surface area contributed by atoms with Gasteiger partial charge in [-0.2, -0.15) is 13.2 Å². The molecule has 0 saturated carbocycles. The number of aromatic nitrogens is 2. The monoisotopic (exact) mass is 544 g/mol. The molecule has 3 heterocycles. The van der Waals surface area contributed by atoms with Crippen LogP contribution in [0.5, 0.6) is 11.5 Å². The minimum atomic E-state index is -4.53. The van der Waals surface area contributed by atoms with Gasteiger partial charge in [0.15, 0.2) is 11.5 Å². The average molecular weight is 545 g/mol. The van der Waals surface area contributed by atoms with Crippen LogP contribution in [0.15, 0.2) is 30.3 Å². The van der Waals surface area contributed by atoms with Crippen molar-refractivity contribution in [1.82, 2.24) is 19.8 Å². The van der Waals surface area contributed by atoms with Crippen LogP contribution >= 0.6 is 0 Å². The summed E-state index contributed by atoms with van der Waals surface area (Å²) in [6.45, 7) is 6.49. The standard InChI is InChI=1S/C27H31F3N6O3/c1-15(17-9-18(27(28,29)30)11-19(31)10-17)32-25-21-12-24(23(38-3)13-22(21)33-16(2)34-25)39-26(37)36-8-7-35-6-4-5-20(35)14-36/h9-13,15,20H,4-8,14,31H2,1-3H3,(H,32,33,34). The van der Waals surface area contributed by atoms with Crippen molar-refractivity contribution in [2.24, 2.45) is 0 Å². The van der Waals surface area contributed by atoms with E-state index in [1.165, 1.54) is 13.2 Å². The number of ether oxygens (including phenoxy) is 2. The first-order valence-electron chi connectivity index (χ1n) is 12.8. The molecule has 3 aromatic rings. The number of amides is 1. The number of hydrogen-bond acceptors (Lipinski definition) is 8. The summed E-state index contributed by atoms with van der Waals surface area (Å²) in [5, 5.41) is 3.71.